The van der Waals surface area contributed by atoms with Gasteiger partial charge in [-0.05, 0) is 19.9 Å². The average Bonchev–Trinajstić information content (AvgIpc) is 2.13. The SMILES string of the molecule is CNC1CC(Oc2nccnc2Cl)C1. The number of ether oxygens (including phenoxy) is 1. The summed E-state index contributed by atoms with van der Waals surface area (Å²) in [5, 5.41) is 3.52. The van der Waals surface area contributed by atoms with Gasteiger partial charge < -0.3 is 10.1 Å². The first-order valence-corrected chi connectivity index (χ1v) is 4.98. The van der Waals surface area contributed by atoms with Crippen LogP contribution in [0.1, 0.15) is 12.8 Å². The summed E-state index contributed by atoms with van der Waals surface area (Å²) in [6.07, 6.45) is 5.36. The standard InChI is InChI=1S/C9H12ClN3O/c1-11-6-4-7(5-6)14-9-8(10)12-2-3-13-9/h2-3,6-7,11H,4-5H2,1H3. The third-order valence-corrected chi connectivity index (χ3v) is 2.66. The lowest BCUT2D eigenvalue weighted by Gasteiger charge is -2.34. The van der Waals surface area contributed by atoms with E-state index in [1.807, 2.05) is 7.05 Å². The molecule has 1 fully saturated rings. The van der Waals surface area contributed by atoms with Crippen molar-refractivity contribution in [2.45, 2.75) is 25.0 Å². The predicted octanol–water partition coefficient (Wildman–Crippen LogP) is 1.26. The first-order valence-electron chi connectivity index (χ1n) is 4.60. The van der Waals surface area contributed by atoms with Gasteiger partial charge in [0, 0.05) is 18.4 Å². The van der Waals surface area contributed by atoms with E-state index < -0.39 is 0 Å². The summed E-state index contributed by atoms with van der Waals surface area (Å²) in [6, 6.07) is 0.565. The van der Waals surface area contributed by atoms with E-state index in [0.717, 1.165) is 12.8 Å². The first kappa shape index (κ1) is 9.68. The molecule has 1 N–H and O–H groups in total. The molecule has 76 valence electrons. The minimum Gasteiger partial charge on any atom is -0.472 e. The summed E-state index contributed by atoms with van der Waals surface area (Å²) in [4.78, 5) is 7.91. The van der Waals surface area contributed by atoms with Crippen LogP contribution in [0.4, 0.5) is 0 Å². The van der Waals surface area contributed by atoms with Crippen molar-refractivity contribution in [2.24, 2.45) is 0 Å². The second kappa shape index (κ2) is 4.11. The number of aromatic nitrogens is 2. The second-order valence-electron chi connectivity index (χ2n) is 3.35. The Morgan fingerprint density at radius 3 is 2.79 bits per heavy atom. The summed E-state index contributed by atoms with van der Waals surface area (Å²) in [6.45, 7) is 0. The smallest absolute Gasteiger partial charge is 0.252 e. The number of halogens is 1. The van der Waals surface area contributed by atoms with Crippen LogP contribution in [0.25, 0.3) is 0 Å². The van der Waals surface area contributed by atoms with E-state index in [9.17, 15) is 0 Å². The highest BCUT2D eigenvalue weighted by Crippen LogP contribution is 2.27. The van der Waals surface area contributed by atoms with E-state index in [-0.39, 0.29) is 6.10 Å². The number of hydrogen-bond donors (Lipinski definition) is 1. The van der Waals surface area contributed by atoms with Gasteiger partial charge in [0.15, 0.2) is 5.15 Å². The van der Waals surface area contributed by atoms with Crippen LogP contribution < -0.4 is 10.1 Å². The molecule has 14 heavy (non-hydrogen) atoms. The highest BCUT2D eigenvalue weighted by Gasteiger charge is 2.30. The van der Waals surface area contributed by atoms with Crippen molar-refractivity contribution in [3.8, 4) is 5.88 Å². The van der Waals surface area contributed by atoms with Gasteiger partial charge in [0.1, 0.15) is 6.10 Å². The molecule has 1 aromatic rings. The van der Waals surface area contributed by atoms with Crippen molar-refractivity contribution in [2.75, 3.05) is 7.05 Å². The number of nitrogens with one attached hydrogen (secondary N) is 1. The van der Waals surface area contributed by atoms with Gasteiger partial charge in [0.2, 0.25) is 0 Å². The van der Waals surface area contributed by atoms with E-state index in [4.69, 9.17) is 16.3 Å². The highest BCUT2D eigenvalue weighted by molar-refractivity contribution is 6.30. The molecule has 0 bridgehead atoms. The monoisotopic (exact) mass is 213 g/mol. The van der Waals surface area contributed by atoms with Gasteiger partial charge in [-0.1, -0.05) is 11.6 Å². The lowest BCUT2D eigenvalue weighted by molar-refractivity contribution is 0.0836. The van der Waals surface area contributed by atoms with Crippen molar-refractivity contribution in [3.05, 3.63) is 17.5 Å². The van der Waals surface area contributed by atoms with Gasteiger partial charge in [0.05, 0.1) is 0 Å². The zero-order valence-electron chi connectivity index (χ0n) is 7.90. The molecule has 0 unspecified atom stereocenters. The summed E-state index contributed by atoms with van der Waals surface area (Å²) in [5.41, 5.74) is 0. The van der Waals surface area contributed by atoms with E-state index in [0.29, 0.717) is 17.1 Å². The van der Waals surface area contributed by atoms with Gasteiger partial charge in [-0.15, -0.1) is 0 Å². The van der Waals surface area contributed by atoms with E-state index in [1.54, 1.807) is 12.4 Å². The normalized spacial score (nSPS) is 25.6. The van der Waals surface area contributed by atoms with Gasteiger partial charge in [-0.25, -0.2) is 9.97 Å². The Morgan fingerprint density at radius 1 is 1.43 bits per heavy atom. The van der Waals surface area contributed by atoms with Crippen molar-refractivity contribution < 1.29 is 4.74 Å². The first-order chi connectivity index (χ1) is 6.79. The van der Waals surface area contributed by atoms with Crippen molar-refractivity contribution >= 4 is 11.6 Å². The van der Waals surface area contributed by atoms with Crippen molar-refractivity contribution in [3.63, 3.8) is 0 Å². The Bertz CT molecular complexity index is 315. The van der Waals surface area contributed by atoms with E-state index >= 15 is 0 Å². The average molecular weight is 214 g/mol. The van der Waals surface area contributed by atoms with Crippen LogP contribution >= 0.6 is 11.6 Å². The van der Waals surface area contributed by atoms with Crippen LogP contribution in [0.5, 0.6) is 5.88 Å². The predicted molar refractivity (Wildman–Crippen MR) is 53.5 cm³/mol. The van der Waals surface area contributed by atoms with Gasteiger partial charge in [-0.2, -0.15) is 0 Å². The Labute approximate surface area is 87.7 Å². The minimum atomic E-state index is 0.224. The van der Waals surface area contributed by atoms with Gasteiger partial charge in [0.25, 0.3) is 5.88 Å². The zero-order valence-corrected chi connectivity index (χ0v) is 8.66. The molecule has 0 aliphatic heterocycles. The molecule has 1 aliphatic rings. The van der Waals surface area contributed by atoms with Crippen LogP contribution in [0.15, 0.2) is 12.4 Å². The molecule has 0 aromatic carbocycles. The van der Waals surface area contributed by atoms with E-state index in [2.05, 4.69) is 15.3 Å². The molecule has 1 heterocycles. The summed E-state index contributed by atoms with van der Waals surface area (Å²) >= 11 is 5.81. The molecule has 0 atom stereocenters. The molecule has 0 saturated heterocycles. The van der Waals surface area contributed by atoms with Crippen molar-refractivity contribution in [1.82, 2.24) is 15.3 Å². The molecule has 2 rings (SSSR count). The van der Waals surface area contributed by atoms with Crippen LogP contribution in [-0.2, 0) is 0 Å². The third-order valence-electron chi connectivity index (χ3n) is 2.40. The van der Waals surface area contributed by atoms with Crippen LogP contribution in [-0.4, -0.2) is 29.2 Å². The molecule has 0 radical (unpaired) electrons. The molecular weight excluding hydrogens is 202 g/mol. The fourth-order valence-corrected chi connectivity index (χ4v) is 1.59. The fourth-order valence-electron chi connectivity index (χ4n) is 1.44. The maximum atomic E-state index is 5.81. The molecule has 1 aliphatic carbocycles. The summed E-state index contributed by atoms with van der Waals surface area (Å²) in [5.74, 6) is 0.439. The minimum absolute atomic E-state index is 0.224. The summed E-state index contributed by atoms with van der Waals surface area (Å²) < 4.78 is 5.57. The second-order valence-corrected chi connectivity index (χ2v) is 3.71. The zero-order chi connectivity index (χ0) is 9.97. The molecule has 0 amide bonds. The largest absolute Gasteiger partial charge is 0.472 e. The third kappa shape index (κ3) is 1.96. The Hall–Kier alpha value is -0.870. The Kier molecular flexibility index (Phi) is 2.84. The van der Waals surface area contributed by atoms with E-state index in [1.165, 1.54) is 0 Å². The Balaban J connectivity index is 1.90. The number of rotatable bonds is 3. The van der Waals surface area contributed by atoms with Crippen LogP contribution in [0.2, 0.25) is 5.15 Å². The maximum Gasteiger partial charge on any atom is 0.252 e. The topological polar surface area (TPSA) is 47.0 Å². The van der Waals surface area contributed by atoms with Crippen molar-refractivity contribution in [1.29, 1.82) is 0 Å². The molecule has 0 spiro atoms. The molecule has 1 aromatic heterocycles. The molecular formula is C9H12ClN3O. The number of hydrogen-bond acceptors (Lipinski definition) is 4. The lowest BCUT2D eigenvalue weighted by atomic mass is 9.89. The maximum absolute atomic E-state index is 5.81. The fraction of sp³-hybridized carbons (Fsp3) is 0.556. The van der Waals surface area contributed by atoms with Gasteiger partial charge >= 0.3 is 0 Å². The Morgan fingerprint density at radius 2 is 2.14 bits per heavy atom. The summed E-state index contributed by atoms with van der Waals surface area (Å²) in [7, 11) is 1.95. The highest BCUT2D eigenvalue weighted by atomic mass is 35.5. The number of nitrogens with zero attached hydrogens (tertiary/aromatic N) is 2. The molecule has 5 heteroatoms. The van der Waals surface area contributed by atoms with Crippen LogP contribution in [0.3, 0.4) is 0 Å². The molecule has 4 nitrogen and oxygen atoms in total. The van der Waals surface area contributed by atoms with Crippen LogP contribution in [0, 0.1) is 0 Å². The quantitative estimate of drug-likeness (QED) is 0.821. The lowest BCUT2D eigenvalue weighted by Crippen LogP contribution is -2.45. The molecule has 1 saturated carbocycles. The van der Waals surface area contributed by atoms with Gasteiger partial charge in [-0.3, -0.25) is 0 Å².